The van der Waals surface area contributed by atoms with Gasteiger partial charge < -0.3 is 0 Å². The van der Waals surface area contributed by atoms with E-state index >= 15 is 0 Å². The van der Waals surface area contributed by atoms with Crippen molar-refractivity contribution in [3.63, 3.8) is 0 Å². The fraction of sp³-hybridized carbons (Fsp3) is 0. The van der Waals surface area contributed by atoms with Gasteiger partial charge in [0.1, 0.15) is 4.34 Å². The lowest BCUT2D eigenvalue weighted by Crippen LogP contribution is -1.96. The Morgan fingerprint density at radius 1 is 1.29 bits per heavy atom. The molecule has 0 aliphatic carbocycles. The van der Waals surface area contributed by atoms with Gasteiger partial charge in [0.2, 0.25) is 0 Å². The van der Waals surface area contributed by atoms with Crippen LogP contribution in [0.2, 0.25) is 8.67 Å². The molecule has 0 aliphatic rings. The molecule has 10 heteroatoms. The lowest BCUT2D eigenvalue weighted by atomic mass is 10.5. The van der Waals surface area contributed by atoms with E-state index in [-0.39, 0.29) is 8.67 Å². The minimum atomic E-state index is -4.26. The molecule has 78 valence electrons. The van der Waals surface area contributed by atoms with Crippen molar-refractivity contribution in [2.24, 2.45) is 0 Å². The largest absolute Gasteiger partial charge is 0.320 e. The predicted molar refractivity (Wildman–Crippen MR) is 54.0 cm³/mol. The van der Waals surface area contributed by atoms with Crippen LogP contribution in [0.25, 0.3) is 0 Å². The molecular weight excluding hydrogens is 297 g/mol. The quantitative estimate of drug-likeness (QED) is 0.477. The van der Waals surface area contributed by atoms with Crippen LogP contribution >= 0.6 is 45.2 Å². The molecule has 0 spiro atoms. The van der Waals surface area contributed by atoms with E-state index in [2.05, 4.69) is 0 Å². The van der Waals surface area contributed by atoms with Gasteiger partial charge in [-0.2, -0.15) is 0 Å². The van der Waals surface area contributed by atoms with Crippen molar-refractivity contribution >= 4 is 60.0 Å². The van der Waals surface area contributed by atoms with Crippen LogP contribution in [-0.2, 0) is 9.05 Å². The lowest BCUT2D eigenvalue weighted by Gasteiger charge is -1.92. The summed E-state index contributed by atoms with van der Waals surface area (Å²) in [7, 11) is 0.694. The minimum Gasteiger partial charge on any atom is -0.258 e. The minimum absolute atomic E-state index is 0.320. The van der Waals surface area contributed by atoms with Gasteiger partial charge in [0.15, 0.2) is 9.23 Å². The Balaban J connectivity index is 3.65. The van der Waals surface area contributed by atoms with Crippen molar-refractivity contribution in [3.8, 4) is 0 Å². The first-order valence-electron chi connectivity index (χ1n) is 2.82. The average Bonchev–Trinajstić information content (AvgIpc) is 2.23. The molecule has 1 aromatic rings. The van der Waals surface area contributed by atoms with Gasteiger partial charge in [-0.15, -0.1) is 11.3 Å². The Labute approximate surface area is 96.8 Å². The Hall–Kier alpha value is -0.0800. The van der Waals surface area contributed by atoms with Gasteiger partial charge in [0.25, 0.3) is 9.05 Å². The van der Waals surface area contributed by atoms with Gasteiger partial charge in [-0.25, -0.2) is 8.42 Å². The van der Waals surface area contributed by atoms with Crippen LogP contribution in [0.4, 0.5) is 5.69 Å². The molecule has 0 N–H and O–H groups in total. The van der Waals surface area contributed by atoms with Crippen LogP contribution in [0.1, 0.15) is 0 Å². The van der Waals surface area contributed by atoms with Gasteiger partial charge in [-0.1, -0.05) is 23.2 Å². The topological polar surface area (TPSA) is 77.3 Å². The van der Waals surface area contributed by atoms with Crippen LogP contribution in [-0.4, -0.2) is 13.3 Å². The van der Waals surface area contributed by atoms with Crippen molar-refractivity contribution in [1.82, 2.24) is 0 Å². The van der Waals surface area contributed by atoms with E-state index in [0.29, 0.717) is 11.3 Å². The zero-order valence-corrected chi connectivity index (χ0v) is 9.93. The molecule has 1 aromatic heterocycles. The van der Waals surface area contributed by atoms with Crippen molar-refractivity contribution < 1.29 is 13.3 Å². The molecule has 0 aromatic carbocycles. The number of hydrogen-bond donors (Lipinski definition) is 0. The molecule has 14 heavy (non-hydrogen) atoms. The van der Waals surface area contributed by atoms with E-state index in [9.17, 15) is 18.5 Å². The molecule has 1 heterocycles. The molecule has 0 atom stereocenters. The molecular formula is C4Cl3NO4S2. The molecule has 0 amide bonds. The summed E-state index contributed by atoms with van der Waals surface area (Å²) in [6.45, 7) is 0. The Kier molecular flexibility index (Phi) is 3.27. The Morgan fingerprint density at radius 2 is 1.79 bits per heavy atom. The van der Waals surface area contributed by atoms with E-state index in [0.717, 1.165) is 0 Å². The summed E-state index contributed by atoms with van der Waals surface area (Å²) >= 11 is 11.4. The maximum atomic E-state index is 10.9. The van der Waals surface area contributed by atoms with Gasteiger partial charge in [0.05, 0.1) is 4.92 Å². The summed E-state index contributed by atoms with van der Waals surface area (Å²) in [5.74, 6) is 0. The lowest BCUT2D eigenvalue weighted by molar-refractivity contribution is -0.387. The van der Waals surface area contributed by atoms with Gasteiger partial charge in [-0.05, 0) is 0 Å². The standard InChI is InChI=1S/C4Cl3NO4S2/c5-3-1(8(9)10)2(4(6)13-3)14(7,11)12. The van der Waals surface area contributed by atoms with Crippen molar-refractivity contribution in [3.05, 3.63) is 18.8 Å². The second-order valence-corrected chi connectivity index (χ2v) is 6.75. The number of rotatable bonds is 2. The molecule has 5 nitrogen and oxygen atoms in total. The maximum absolute atomic E-state index is 10.9. The Bertz CT molecular complexity index is 493. The number of hydrogen-bond acceptors (Lipinski definition) is 5. The molecule has 0 saturated heterocycles. The van der Waals surface area contributed by atoms with Gasteiger partial charge in [-0.3, -0.25) is 10.1 Å². The van der Waals surface area contributed by atoms with E-state index in [1.54, 1.807) is 0 Å². The van der Waals surface area contributed by atoms with Crippen LogP contribution < -0.4 is 0 Å². The van der Waals surface area contributed by atoms with Crippen molar-refractivity contribution in [1.29, 1.82) is 0 Å². The Morgan fingerprint density at radius 3 is 2.07 bits per heavy atom. The van der Waals surface area contributed by atoms with Crippen LogP contribution in [0.15, 0.2) is 4.90 Å². The fourth-order valence-electron chi connectivity index (χ4n) is 0.722. The zero-order valence-electron chi connectivity index (χ0n) is 6.03. The van der Waals surface area contributed by atoms with Crippen LogP contribution in [0.3, 0.4) is 0 Å². The van der Waals surface area contributed by atoms with E-state index in [4.69, 9.17) is 33.9 Å². The summed E-state index contributed by atoms with van der Waals surface area (Å²) in [4.78, 5) is 8.75. The van der Waals surface area contributed by atoms with Gasteiger partial charge in [0, 0.05) is 10.7 Å². The average molecular weight is 297 g/mol. The number of nitro groups is 1. The summed E-state index contributed by atoms with van der Waals surface area (Å²) in [5, 5.41) is 10.4. The van der Waals surface area contributed by atoms with Crippen molar-refractivity contribution in [2.75, 3.05) is 0 Å². The second kappa shape index (κ2) is 3.82. The second-order valence-electron chi connectivity index (χ2n) is 2.02. The summed E-state index contributed by atoms with van der Waals surface area (Å²) in [6, 6.07) is 0. The highest BCUT2D eigenvalue weighted by Gasteiger charge is 2.33. The monoisotopic (exact) mass is 295 g/mol. The van der Waals surface area contributed by atoms with Crippen molar-refractivity contribution in [2.45, 2.75) is 4.90 Å². The molecule has 1 rings (SSSR count). The fourth-order valence-corrected chi connectivity index (χ4v) is 4.36. The third-order valence-corrected chi connectivity index (χ3v) is 4.36. The molecule has 0 radical (unpaired) electrons. The highest BCUT2D eigenvalue weighted by Crippen LogP contribution is 2.45. The number of thiophene rings is 1. The molecule has 0 fully saturated rings. The van der Waals surface area contributed by atoms with E-state index < -0.39 is 24.6 Å². The van der Waals surface area contributed by atoms with E-state index in [1.807, 2.05) is 0 Å². The number of nitrogens with zero attached hydrogens (tertiary/aromatic N) is 1. The normalized spacial score (nSPS) is 11.6. The first-order chi connectivity index (χ1) is 6.25. The maximum Gasteiger partial charge on any atom is 0.320 e. The molecule has 0 bridgehead atoms. The van der Waals surface area contributed by atoms with Gasteiger partial charge >= 0.3 is 5.69 Å². The smallest absolute Gasteiger partial charge is 0.258 e. The molecule has 0 aliphatic heterocycles. The SMILES string of the molecule is O=[N+]([O-])c1c(Cl)sc(Cl)c1S(=O)(=O)Cl. The van der Waals surface area contributed by atoms with Crippen LogP contribution in [0, 0.1) is 10.1 Å². The third-order valence-electron chi connectivity index (χ3n) is 1.19. The number of halogens is 3. The molecule has 0 unspecified atom stereocenters. The highest BCUT2D eigenvalue weighted by molar-refractivity contribution is 8.14. The summed E-state index contributed by atoms with van der Waals surface area (Å²) < 4.78 is 21.2. The first kappa shape index (κ1) is 12.0. The predicted octanol–water partition coefficient (Wildman–Crippen LogP) is 2.89. The molecule has 0 saturated carbocycles. The van der Waals surface area contributed by atoms with E-state index in [1.165, 1.54) is 0 Å². The third kappa shape index (κ3) is 2.12. The zero-order chi connectivity index (χ0) is 11.1. The first-order valence-corrected chi connectivity index (χ1v) is 6.70. The van der Waals surface area contributed by atoms with Crippen LogP contribution in [0.5, 0.6) is 0 Å². The highest BCUT2D eigenvalue weighted by atomic mass is 35.7. The summed E-state index contributed by atoms with van der Waals surface area (Å²) in [5.41, 5.74) is -0.781. The summed E-state index contributed by atoms with van der Waals surface area (Å²) in [6.07, 6.45) is 0.